The number of sulfone groups is 1. The molecule has 3 rings (SSSR count). The molecular formula is C14H17N3O4S. The average Bonchev–Trinajstić information content (AvgIpc) is 3.02. The SMILES string of the molecule is Cc1cn2c(n1)CC[C@@H](NC(=O)c1ccc(S(C)(=O)=O)o1)C2. The molecule has 0 saturated carbocycles. The lowest BCUT2D eigenvalue weighted by Crippen LogP contribution is -2.40. The molecule has 0 aromatic carbocycles. The first-order chi connectivity index (χ1) is 10.3. The molecule has 7 nitrogen and oxygen atoms in total. The first-order valence-electron chi connectivity index (χ1n) is 6.96. The van der Waals surface area contributed by atoms with E-state index in [1.54, 1.807) is 0 Å². The molecule has 2 aromatic rings. The molecule has 22 heavy (non-hydrogen) atoms. The second kappa shape index (κ2) is 5.28. The van der Waals surface area contributed by atoms with E-state index in [4.69, 9.17) is 4.42 Å². The number of aromatic nitrogens is 2. The summed E-state index contributed by atoms with van der Waals surface area (Å²) in [5, 5.41) is 2.67. The fourth-order valence-electron chi connectivity index (χ4n) is 2.60. The minimum Gasteiger partial charge on any atom is -0.440 e. The topological polar surface area (TPSA) is 94.2 Å². The van der Waals surface area contributed by atoms with Crippen molar-refractivity contribution in [1.82, 2.24) is 14.9 Å². The standard InChI is InChI=1S/C14H17N3O4S/c1-9-7-17-8-10(3-5-12(17)15-9)16-14(18)11-4-6-13(21-11)22(2,19)20/h4,6-7,10H,3,5,8H2,1-2H3,(H,16,18)/t10-/m1/s1. The zero-order valence-electron chi connectivity index (χ0n) is 12.4. The van der Waals surface area contributed by atoms with Crippen molar-refractivity contribution in [3.05, 3.63) is 35.6 Å². The Balaban J connectivity index is 1.69. The van der Waals surface area contributed by atoms with Gasteiger partial charge in [0, 0.05) is 31.5 Å². The van der Waals surface area contributed by atoms with E-state index in [-0.39, 0.29) is 16.9 Å². The Labute approximate surface area is 128 Å². The van der Waals surface area contributed by atoms with Crippen LogP contribution in [0.1, 0.15) is 28.5 Å². The fourth-order valence-corrected chi connectivity index (χ4v) is 3.16. The Morgan fingerprint density at radius 3 is 2.91 bits per heavy atom. The maximum atomic E-state index is 12.1. The van der Waals surface area contributed by atoms with E-state index >= 15 is 0 Å². The second-order valence-corrected chi connectivity index (χ2v) is 7.50. The van der Waals surface area contributed by atoms with Crippen molar-refractivity contribution in [2.24, 2.45) is 0 Å². The van der Waals surface area contributed by atoms with E-state index in [1.165, 1.54) is 12.1 Å². The molecule has 0 saturated heterocycles. The molecule has 118 valence electrons. The van der Waals surface area contributed by atoms with Crippen LogP contribution in [-0.2, 0) is 22.8 Å². The number of aryl methyl sites for hydroxylation is 2. The molecule has 0 radical (unpaired) electrons. The number of nitrogens with zero attached hydrogens (tertiary/aromatic N) is 2. The van der Waals surface area contributed by atoms with Gasteiger partial charge in [0.2, 0.25) is 14.9 Å². The highest BCUT2D eigenvalue weighted by molar-refractivity contribution is 7.90. The summed E-state index contributed by atoms with van der Waals surface area (Å²) in [6.07, 6.45) is 4.59. The van der Waals surface area contributed by atoms with E-state index in [1.807, 2.05) is 17.7 Å². The number of carbonyl (C=O) groups is 1. The van der Waals surface area contributed by atoms with Gasteiger partial charge in [-0.15, -0.1) is 0 Å². The van der Waals surface area contributed by atoms with Crippen molar-refractivity contribution in [2.75, 3.05) is 6.26 Å². The molecule has 2 aromatic heterocycles. The van der Waals surface area contributed by atoms with Crippen molar-refractivity contribution in [2.45, 2.75) is 37.4 Å². The number of furan rings is 1. The van der Waals surface area contributed by atoms with Crippen molar-refractivity contribution < 1.29 is 17.6 Å². The van der Waals surface area contributed by atoms with Crippen molar-refractivity contribution in [1.29, 1.82) is 0 Å². The predicted octanol–water partition coefficient (Wildman–Crippen LogP) is 0.933. The average molecular weight is 323 g/mol. The fraction of sp³-hybridized carbons (Fsp3) is 0.429. The molecule has 0 spiro atoms. The number of nitrogens with one attached hydrogen (secondary N) is 1. The Bertz CT molecular complexity index is 819. The summed E-state index contributed by atoms with van der Waals surface area (Å²) < 4.78 is 29.9. The summed E-state index contributed by atoms with van der Waals surface area (Å²) in [6, 6.07) is 2.64. The Hall–Kier alpha value is -2.09. The summed E-state index contributed by atoms with van der Waals surface area (Å²) in [5.41, 5.74) is 0.964. The van der Waals surface area contributed by atoms with Crippen LogP contribution in [0, 0.1) is 6.92 Å². The molecule has 8 heteroatoms. The molecule has 1 atom stereocenters. The van der Waals surface area contributed by atoms with Crippen molar-refractivity contribution in [3.8, 4) is 0 Å². The molecule has 1 N–H and O–H groups in total. The summed E-state index contributed by atoms with van der Waals surface area (Å²) in [5.74, 6) is 0.633. The van der Waals surface area contributed by atoms with E-state index < -0.39 is 15.7 Å². The minimum atomic E-state index is -3.44. The first-order valence-corrected chi connectivity index (χ1v) is 8.85. The van der Waals surface area contributed by atoms with Gasteiger partial charge in [0.15, 0.2) is 5.76 Å². The van der Waals surface area contributed by atoms with Gasteiger partial charge in [-0.2, -0.15) is 0 Å². The van der Waals surface area contributed by atoms with Crippen LogP contribution in [-0.4, -0.2) is 36.2 Å². The summed E-state index contributed by atoms with van der Waals surface area (Å²) in [6.45, 7) is 2.59. The van der Waals surface area contributed by atoms with Crippen LogP contribution < -0.4 is 5.32 Å². The summed E-state index contributed by atoms with van der Waals surface area (Å²) >= 11 is 0. The molecule has 1 aliphatic rings. The monoisotopic (exact) mass is 323 g/mol. The normalized spacial score (nSPS) is 18.0. The van der Waals surface area contributed by atoms with Crippen LogP contribution in [0.3, 0.4) is 0 Å². The number of rotatable bonds is 3. The molecule has 1 amide bonds. The highest BCUT2D eigenvalue weighted by Crippen LogP contribution is 2.17. The summed E-state index contributed by atoms with van der Waals surface area (Å²) in [4.78, 5) is 16.6. The largest absolute Gasteiger partial charge is 0.440 e. The Morgan fingerprint density at radius 1 is 1.45 bits per heavy atom. The molecule has 0 bridgehead atoms. The van der Waals surface area contributed by atoms with Crippen LogP contribution in [0.5, 0.6) is 0 Å². The van der Waals surface area contributed by atoms with Gasteiger partial charge in [0.05, 0.1) is 5.69 Å². The van der Waals surface area contributed by atoms with Gasteiger partial charge in [0.25, 0.3) is 5.91 Å². The third kappa shape index (κ3) is 2.92. The number of hydrogen-bond acceptors (Lipinski definition) is 5. The molecule has 0 unspecified atom stereocenters. The molecule has 3 heterocycles. The molecule has 1 aliphatic heterocycles. The van der Waals surface area contributed by atoms with E-state index in [0.29, 0.717) is 6.54 Å². The van der Waals surface area contributed by atoms with Gasteiger partial charge in [-0.3, -0.25) is 4.79 Å². The zero-order chi connectivity index (χ0) is 15.9. The van der Waals surface area contributed by atoms with Crippen LogP contribution in [0.15, 0.2) is 27.8 Å². The van der Waals surface area contributed by atoms with Gasteiger partial charge < -0.3 is 14.3 Å². The number of imidazole rings is 1. The highest BCUT2D eigenvalue weighted by atomic mass is 32.2. The van der Waals surface area contributed by atoms with Gasteiger partial charge in [0.1, 0.15) is 5.82 Å². The quantitative estimate of drug-likeness (QED) is 0.907. The van der Waals surface area contributed by atoms with Crippen LogP contribution in [0.2, 0.25) is 0 Å². The summed E-state index contributed by atoms with van der Waals surface area (Å²) in [7, 11) is -3.44. The first kappa shape index (κ1) is 14.8. The zero-order valence-corrected chi connectivity index (χ0v) is 13.2. The smallest absolute Gasteiger partial charge is 0.287 e. The molecular weight excluding hydrogens is 306 g/mol. The van der Waals surface area contributed by atoms with E-state index in [2.05, 4.69) is 10.3 Å². The lowest BCUT2D eigenvalue weighted by molar-refractivity contribution is 0.0894. The van der Waals surface area contributed by atoms with E-state index in [9.17, 15) is 13.2 Å². The highest BCUT2D eigenvalue weighted by Gasteiger charge is 2.23. The number of fused-ring (bicyclic) bond motifs is 1. The number of carbonyl (C=O) groups excluding carboxylic acids is 1. The third-order valence-corrected chi connectivity index (χ3v) is 4.57. The second-order valence-electron chi connectivity index (χ2n) is 5.55. The number of amides is 1. The molecule has 0 aliphatic carbocycles. The Kier molecular flexibility index (Phi) is 3.56. The van der Waals surface area contributed by atoms with Crippen molar-refractivity contribution >= 4 is 15.7 Å². The van der Waals surface area contributed by atoms with Crippen LogP contribution in [0.4, 0.5) is 0 Å². The van der Waals surface area contributed by atoms with Gasteiger partial charge in [-0.25, -0.2) is 13.4 Å². The predicted molar refractivity (Wildman–Crippen MR) is 78.4 cm³/mol. The van der Waals surface area contributed by atoms with Crippen molar-refractivity contribution in [3.63, 3.8) is 0 Å². The third-order valence-electron chi connectivity index (χ3n) is 3.62. The van der Waals surface area contributed by atoms with Gasteiger partial charge in [-0.1, -0.05) is 0 Å². The maximum absolute atomic E-state index is 12.1. The van der Waals surface area contributed by atoms with Gasteiger partial charge in [-0.05, 0) is 25.5 Å². The number of hydrogen-bond donors (Lipinski definition) is 1. The minimum absolute atomic E-state index is 0.00744. The van der Waals surface area contributed by atoms with E-state index in [0.717, 1.165) is 30.6 Å². The van der Waals surface area contributed by atoms with Gasteiger partial charge >= 0.3 is 0 Å². The Morgan fingerprint density at radius 2 is 2.23 bits per heavy atom. The maximum Gasteiger partial charge on any atom is 0.287 e. The molecule has 0 fully saturated rings. The lowest BCUT2D eigenvalue weighted by atomic mass is 10.1. The lowest BCUT2D eigenvalue weighted by Gasteiger charge is -2.24. The van der Waals surface area contributed by atoms with Crippen LogP contribution in [0.25, 0.3) is 0 Å². The van der Waals surface area contributed by atoms with Crippen LogP contribution >= 0.6 is 0 Å².